The van der Waals surface area contributed by atoms with Crippen LogP contribution in [0.15, 0.2) is 36.4 Å². The van der Waals surface area contributed by atoms with E-state index in [2.05, 4.69) is 6.92 Å². The summed E-state index contributed by atoms with van der Waals surface area (Å²) in [5.41, 5.74) is 1.13. The molecule has 4 heteroatoms. The molecule has 1 aliphatic heterocycles. The topological polar surface area (TPSA) is 9.23 Å². The average molecular weight is 377 g/mol. The Labute approximate surface area is 158 Å². The van der Waals surface area contributed by atoms with Crippen molar-refractivity contribution >= 4 is 11.6 Å². The average Bonchev–Trinajstić information content (AvgIpc) is 2.65. The molecule has 138 valence electrons. The summed E-state index contributed by atoms with van der Waals surface area (Å²) < 4.78 is 35.2. The molecule has 0 saturated heterocycles. The van der Waals surface area contributed by atoms with Crippen LogP contribution in [0, 0.1) is 23.5 Å². The van der Waals surface area contributed by atoms with E-state index in [0.717, 1.165) is 31.2 Å². The third-order valence-electron chi connectivity index (χ3n) is 6.40. The Kier molecular flexibility index (Phi) is 4.68. The number of halogens is 3. The van der Waals surface area contributed by atoms with Gasteiger partial charge in [0.05, 0.1) is 6.61 Å². The monoisotopic (exact) mass is 376 g/mol. The number of hydrogen-bond acceptors (Lipinski definition) is 1. The number of ether oxygens (including phenoxy) is 1. The molecule has 2 aliphatic rings. The molecule has 0 unspecified atom stereocenters. The second-order valence-electron chi connectivity index (χ2n) is 7.67. The van der Waals surface area contributed by atoms with E-state index in [1.807, 2.05) is 24.3 Å². The van der Waals surface area contributed by atoms with Gasteiger partial charge < -0.3 is 4.74 Å². The van der Waals surface area contributed by atoms with Crippen LogP contribution < -0.4 is 4.74 Å². The van der Waals surface area contributed by atoms with E-state index in [-0.39, 0.29) is 17.5 Å². The molecule has 1 nitrogen and oxygen atoms in total. The van der Waals surface area contributed by atoms with Crippen molar-refractivity contribution < 1.29 is 13.5 Å². The van der Waals surface area contributed by atoms with Gasteiger partial charge in [0.1, 0.15) is 5.82 Å². The third kappa shape index (κ3) is 2.81. The lowest BCUT2D eigenvalue weighted by Crippen LogP contribution is -2.50. The first-order valence-corrected chi connectivity index (χ1v) is 9.78. The van der Waals surface area contributed by atoms with Gasteiger partial charge in [-0.05, 0) is 48.6 Å². The van der Waals surface area contributed by atoms with Gasteiger partial charge in [-0.15, -0.1) is 0 Å². The van der Waals surface area contributed by atoms with Gasteiger partial charge in [0.15, 0.2) is 11.6 Å². The van der Waals surface area contributed by atoms with Crippen molar-refractivity contribution in [3.8, 4) is 5.75 Å². The number of rotatable bonds is 3. The van der Waals surface area contributed by atoms with Crippen molar-refractivity contribution in [2.75, 3.05) is 6.61 Å². The van der Waals surface area contributed by atoms with Crippen molar-refractivity contribution in [2.24, 2.45) is 11.8 Å². The van der Waals surface area contributed by atoms with Crippen molar-refractivity contribution in [1.82, 2.24) is 0 Å². The fourth-order valence-electron chi connectivity index (χ4n) is 5.20. The van der Waals surface area contributed by atoms with E-state index < -0.39 is 11.2 Å². The molecule has 4 rings (SSSR count). The minimum Gasteiger partial charge on any atom is -0.490 e. The van der Waals surface area contributed by atoms with E-state index in [0.29, 0.717) is 29.5 Å². The van der Waals surface area contributed by atoms with Crippen molar-refractivity contribution in [3.63, 3.8) is 0 Å². The SMILES string of the molecule is CC[C@H]1CCC[C@]2(Cc3ccc(Cl)cc3)c3c(F)ccc(F)c3OC[C@H]12. The first kappa shape index (κ1) is 17.8. The Morgan fingerprint density at radius 1 is 1.12 bits per heavy atom. The number of hydrogen-bond donors (Lipinski definition) is 0. The quantitative estimate of drug-likeness (QED) is 0.609. The molecule has 2 aromatic carbocycles. The van der Waals surface area contributed by atoms with Gasteiger partial charge in [0.2, 0.25) is 0 Å². The summed E-state index contributed by atoms with van der Waals surface area (Å²) in [5, 5.41) is 0.683. The summed E-state index contributed by atoms with van der Waals surface area (Å²) >= 11 is 6.03. The second kappa shape index (κ2) is 6.84. The summed E-state index contributed by atoms with van der Waals surface area (Å²) in [6.07, 6.45) is 4.72. The van der Waals surface area contributed by atoms with Crippen LogP contribution in [0.1, 0.15) is 43.7 Å². The normalized spacial score (nSPS) is 27.4. The molecule has 1 heterocycles. The van der Waals surface area contributed by atoms with Crippen LogP contribution in [0.25, 0.3) is 0 Å². The van der Waals surface area contributed by atoms with Gasteiger partial charge >= 0.3 is 0 Å². The minimum atomic E-state index is -0.464. The lowest BCUT2D eigenvalue weighted by Gasteiger charge is -2.51. The Hall–Kier alpha value is -1.61. The maximum atomic E-state index is 15.0. The molecule has 0 N–H and O–H groups in total. The molecule has 1 fully saturated rings. The maximum Gasteiger partial charge on any atom is 0.165 e. The molecular formula is C22H23ClF2O. The highest BCUT2D eigenvalue weighted by atomic mass is 35.5. The Bertz CT molecular complexity index is 805. The number of benzene rings is 2. The molecule has 0 amide bonds. The van der Waals surface area contributed by atoms with Gasteiger partial charge in [0, 0.05) is 21.9 Å². The van der Waals surface area contributed by atoms with Crippen LogP contribution in [0.5, 0.6) is 5.75 Å². The minimum absolute atomic E-state index is 0.118. The van der Waals surface area contributed by atoms with Gasteiger partial charge in [-0.3, -0.25) is 0 Å². The van der Waals surface area contributed by atoms with Crippen LogP contribution >= 0.6 is 11.6 Å². The van der Waals surface area contributed by atoms with Gasteiger partial charge in [-0.1, -0.05) is 49.9 Å². The summed E-state index contributed by atoms with van der Waals surface area (Å²) in [7, 11) is 0. The van der Waals surface area contributed by atoms with Crippen LogP contribution in [-0.4, -0.2) is 6.61 Å². The Balaban J connectivity index is 1.88. The molecule has 26 heavy (non-hydrogen) atoms. The lowest BCUT2D eigenvalue weighted by atomic mass is 9.55. The zero-order chi connectivity index (χ0) is 18.3. The Morgan fingerprint density at radius 3 is 2.58 bits per heavy atom. The molecule has 0 spiro atoms. The second-order valence-corrected chi connectivity index (χ2v) is 8.11. The van der Waals surface area contributed by atoms with Gasteiger partial charge in [0.25, 0.3) is 0 Å². The van der Waals surface area contributed by atoms with Crippen molar-refractivity contribution in [1.29, 1.82) is 0 Å². The largest absolute Gasteiger partial charge is 0.490 e. The third-order valence-corrected chi connectivity index (χ3v) is 6.65. The van der Waals surface area contributed by atoms with E-state index >= 15 is 0 Å². The summed E-state index contributed by atoms with van der Waals surface area (Å²) in [6.45, 7) is 2.64. The molecule has 2 aromatic rings. The van der Waals surface area contributed by atoms with E-state index in [1.165, 1.54) is 12.1 Å². The van der Waals surface area contributed by atoms with Crippen LogP contribution in [0.4, 0.5) is 8.78 Å². The van der Waals surface area contributed by atoms with E-state index in [4.69, 9.17) is 16.3 Å². The fraction of sp³-hybridized carbons (Fsp3) is 0.455. The number of fused-ring (bicyclic) bond motifs is 3. The highest BCUT2D eigenvalue weighted by molar-refractivity contribution is 6.30. The molecule has 1 aliphatic carbocycles. The van der Waals surface area contributed by atoms with Crippen molar-refractivity contribution in [3.05, 3.63) is 64.2 Å². The molecular weight excluding hydrogens is 354 g/mol. The van der Waals surface area contributed by atoms with Gasteiger partial charge in [-0.25, -0.2) is 8.78 Å². The molecule has 1 saturated carbocycles. The molecule has 0 radical (unpaired) electrons. The summed E-state index contributed by atoms with van der Waals surface area (Å²) in [5.74, 6) is -0.0367. The zero-order valence-electron chi connectivity index (χ0n) is 14.9. The van der Waals surface area contributed by atoms with E-state index in [9.17, 15) is 8.78 Å². The molecule has 0 aromatic heterocycles. The van der Waals surface area contributed by atoms with Gasteiger partial charge in [-0.2, -0.15) is 0 Å². The predicted octanol–water partition coefficient (Wildman–Crippen LogP) is 6.32. The van der Waals surface area contributed by atoms with Crippen LogP contribution in [0.3, 0.4) is 0 Å². The molecule has 0 bridgehead atoms. The fourth-order valence-corrected chi connectivity index (χ4v) is 5.32. The lowest BCUT2D eigenvalue weighted by molar-refractivity contribution is 0.0314. The standard InChI is InChI=1S/C22H23ClF2O/c1-2-15-4-3-11-22(12-14-5-7-16(23)8-6-14)17(15)13-26-21-19(25)10-9-18(24)20(21)22/h5-10,15,17H,2-4,11-13H2,1H3/t15-,17+,22+/m0/s1. The van der Waals surface area contributed by atoms with Crippen LogP contribution in [0.2, 0.25) is 5.02 Å². The highest BCUT2D eigenvalue weighted by Crippen LogP contribution is 2.55. The predicted molar refractivity (Wildman–Crippen MR) is 99.8 cm³/mol. The van der Waals surface area contributed by atoms with Crippen molar-refractivity contribution in [2.45, 2.75) is 44.4 Å². The first-order valence-electron chi connectivity index (χ1n) is 9.41. The first-order chi connectivity index (χ1) is 12.5. The van der Waals surface area contributed by atoms with E-state index in [1.54, 1.807) is 0 Å². The summed E-state index contributed by atoms with van der Waals surface area (Å²) in [6, 6.07) is 10.1. The summed E-state index contributed by atoms with van der Waals surface area (Å²) in [4.78, 5) is 0. The Morgan fingerprint density at radius 2 is 1.85 bits per heavy atom. The zero-order valence-corrected chi connectivity index (χ0v) is 15.7. The molecule has 3 atom stereocenters. The van der Waals surface area contributed by atoms with Crippen LogP contribution in [-0.2, 0) is 11.8 Å². The smallest absolute Gasteiger partial charge is 0.165 e. The highest BCUT2D eigenvalue weighted by Gasteiger charge is 2.52. The maximum absolute atomic E-state index is 15.0.